The number of aromatic nitrogens is 1. The Labute approximate surface area is 117 Å². The third-order valence-electron chi connectivity index (χ3n) is 3.62. The minimum Gasteiger partial charge on any atom is -0.497 e. The maximum atomic E-state index is 12.2. The van der Waals surface area contributed by atoms with E-state index >= 15 is 0 Å². The molecule has 1 heterocycles. The molecule has 1 atom stereocenters. The zero-order valence-corrected chi connectivity index (χ0v) is 11.6. The molecule has 3 heteroatoms. The van der Waals surface area contributed by atoms with Crippen LogP contribution in [0, 0.1) is 5.92 Å². The first-order valence-electron chi connectivity index (χ1n) is 6.77. The fourth-order valence-corrected chi connectivity index (χ4v) is 2.53. The van der Waals surface area contributed by atoms with E-state index in [4.69, 9.17) is 4.74 Å². The van der Waals surface area contributed by atoms with E-state index < -0.39 is 0 Å². The summed E-state index contributed by atoms with van der Waals surface area (Å²) in [5, 5.41) is 0.683. The Hall–Kier alpha value is -2.29. The van der Waals surface area contributed by atoms with Crippen molar-refractivity contribution in [1.29, 1.82) is 0 Å². The number of pyridine rings is 1. The van der Waals surface area contributed by atoms with Crippen LogP contribution in [0.2, 0.25) is 0 Å². The van der Waals surface area contributed by atoms with Crippen LogP contribution in [-0.4, -0.2) is 12.1 Å². The van der Waals surface area contributed by atoms with Gasteiger partial charge in [0, 0.05) is 23.2 Å². The molecule has 1 N–H and O–H groups in total. The van der Waals surface area contributed by atoms with E-state index in [1.165, 1.54) is 0 Å². The highest BCUT2D eigenvalue weighted by molar-refractivity contribution is 5.83. The van der Waals surface area contributed by atoms with E-state index in [0.29, 0.717) is 11.3 Å². The number of H-pyrrole nitrogens is 1. The zero-order valence-electron chi connectivity index (χ0n) is 11.6. The Morgan fingerprint density at radius 2 is 2.15 bits per heavy atom. The van der Waals surface area contributed by atoms with Crippen LogP contribution >= 0.6 is 0 Å². The second kappa shape index (κ2) is 5.00. The van der Waals surface area contributed by atoms with Crippen LogP contribution < -0.4 is 10.2 Å². The number of aromatic amines is 1. The summed E-state index contributed by atoms with van der Waals surface area (Å²) >= 11 is 0. The molecule has 1 unspecified atom stereocenters. The third kappa shape index (κ3) is 2.27. The first kappa shape index (κ1) is 12.7. The van der Waals surface area contributed by atoms with Gasteiger partial charge in [-0.25, -0.2) is 0 Å². The predicted molar refractivity (Wildman–Crippen MR) is 82.0 cm³/mol. The minimum absolute atomic E-state index is 0.0314. The van der Waals surface area contributed by atoms with Crippen LogP contribution in [0.1, 0.15) is 19.0 Å². The van der Waals surface area contributed by atoms with Crippen LogP contribution in [0.4, 0.5) is 0 Å². The normalized spacial score (nSPS) is 18.1. The topological polar surface area (TPSA) is 42.1 Å². The summed E-state index contributed by atoms with van der Waals surface area (Å²) in [4.78, 5) is 15.5. The zero-order chi connectivity index (χ0) is 14.1. The molecule has 0 fully saturated rings. The van der Waals surface area contributed by atoms with Crippen molar-refractivity contribution in [3.8, 4) is 5.75 Å². The summed E-state index contributed by atoms with van der Waals surface area (Å²) in [5.41, 5.74) is 2.77. The first-order chi connectivity index (χ1) is 9.67. The van der Waals surface area contributed by atoms with Gasteiger partial charge in [0.25, 0.3) is 0 Å². The van der Waals surface area contributed by atoms with Crippen molar-refractivity contribution in [2.75, 3.05) is 7.11 Å². The van der Waals surface area contributed by atoms with Crippen molar-refractivity contribution in [3.05, 3.63) is 58.4 Å². The molecule has 1 aromatic carbocycles. The van der Waals surface area contributed by atoms with Crippen molar-refractivity contribution in [2.24, 2.45) is 5.92 Å². The fourth-order valence-electron chi connectivity index (χ4n) is 2.53. The lowest BCUT2D eigenvalue weighted by molar-refractivity contribution is 0.415. The van der Waals surface area contributed by atoms with Crippen LogP contribution in [0.25, 0.3) is 16.5 Å². The maximum absolute atomic E-state index is 12.2. The van der Waals surface area contributed by atoms with Crippen LogP contribution in [0.15, 0.2) is 47.3 Å². The number of benzene rings is 1. The highest BCUT2D eigenvalue weighted by Crippen LogP contribution is 2.24. The van der Waals surface area contributed by atoms with Gasteiger partial charge in [-0.05, 0) is 30.0 Å². The van der Waals surface area contributed by atoms with E-state index in [9.17, 15) is 4.79 Å². The number of fused-ring (bicyclic) bond motifs is 1. The maximum Gasteiger partial charge on any atom is 0.190 e. The third-order valence-corrected chi connectivity index (χ3v) is 3.62. The number of hydrogen-bond donors (Lipinski definition) is 1. The van der Waals surface area contributed by atoms with Gasteiger partial charge >= 0.3 is 0 Å². The van der Waals surface area contributed by atoms with E-state index in [1.54, 1.807) is 25.3 Å². The van der Waals surface area contributed by atoms with E-state index in [1.807, 2.05) is 6.07 Å². The van der Waals surface area contributed by atoms with Gasteiger partial charge in [-0.2, -0.15) is 0 Å². The molecule has 20 heavy (non-hydrogen) atoms. The van der Waals surface area contributed by atoms with Gasteiger partial charge in [-0.15, -0.1) is 0 Å². The highest BCUT2D eigenvalue weighted by atomic mass is 16.5. The Kier molecular flexibility index (Phi) is 3.18. The summed E-state index contributed by atoms with van der Waals surface area (Å²) in [6.07, 6.45) is 7.46. The van der Waals surface area contributed by atoms with Gasteiger partial charge < -0.3 is 9.72 Å². The van der Waals surface area contributed by atoms with Gasteiger partial charge in [0.05, 0.1) is 12.6 Å². The van der Waals surface area contributed by atoms with E-state index in [-0.39, 0.29) is 5.43 Å². The Morgan fingerprint density at radius 3 is 2.90 bits per heavy atom. The van der Waals surface area contributed by atoms with Crippen molar-refractivity contribution >= 4 is 16.5 Å². The molecule has 1 aromatic heterocycles. The second-order valence-corrected chi connectivity index (χ2v) is 5.20. The lowest BCUT2D eigenvalue weighted by atomic mass is 9.96. The second-order valence-electron chi connectivity index (χ2n) is 5.20. The summed E-state index contributed by atoms with van der Waals surface area (Å²) in [6, 6.07) is 7.13. The largest absolute Gasteiger partial charge is 0.497 e. The van der Waals surface area contributed by atoms with E-state index in [2.05, 4.69) is 30.1 Å². The molecule has 1 aliphatic rings. The lowest BCUT2D eigenvalue weighted by Gasteiger charge is -2.13. The monoisotopic (exact) mass is 267 g/mol. The number of rotatable bonds is 2. The molecule has 3 rings (SSSR count). The van der Waals surface area contributed by atoms with Crippen LogP contribution in [0.3, 0.4) is 0 Å². The van der Waals surface area contributed by atoms with Gasteiger partial charge in [0.2, 0.25) is 0 Å². The number of ether oxygens (including phenoxy) is 1. The number of methoxy groups -OCH3 is 1. The average molecular weight is 267 g/mol. The molecule has 2 aromatic rings. The van der Waals surface area contributed by atoms with Crippen LogP contribution in [-0.2, 0) is 0 Å². The summed E-state index contributed by atoms with van der Waals surface area (Å²) in [7, 11) is 1.62. The molecule has 0 amide bonds. The molecule has 3 nitrogen and oxygen atoms in total. The quantitative estimate of drug-likeness (QED) is 0.904. The highest BCUT2D eigenvalue weighted by Gasteiger charge is 2.09. The van der Waals surface area contributed by atoms with E-state index in [0.717, 1.165) is 29.0 Å². The average Bonchev–Trinajstić information content (AvgIpc) is 2.46. The standard InChI is InChI=1S/C17H17NO2/c1-11-4-3-5-12(8-11)15-10-17(19)14-7-6-13(20-2)9-16(14)18-15/h3,5-11H,4H2,1-2H3,(H,18,19). The molecule has 0 saturated carbocycles. The summed E-state index contributed by atoms with van der Waals surface area (Å²) < 4.78 is 5.21. The molecular weight excluding hydrogens is 250 g/mol. The predicted octanol–water partition coefficient (Wildman–Crippen LogP) is 3.52. The molecular formula is C17H17NO2. The van der Waals surface area contributed by atoms with Gasteiger partial charge in [-0.1, -0.05) is 25.2 Å². The Bertz CT molecular complexity index is 768. The van der Waals surface area contributed by atoms with Crippen molar-refractivity contribution in [3.63, 3.8) is 0 Å². The number of nitrogens with one attached hydrogen (secondary N) is 1. The lowest BCUT2D eigenvalue weighted by Crippen LogP contribution is -2.06. The summed E-state index contributed by atoms with van der Waals surface area (Å²) in [6.45, 7) is 2.17. The Balaban J connectivity index is 2.18. The molecule has 0 aliphatic heterocycles. The van der Waals surface area contributed by atoms with Crippen molar-refractivity contribution < 1.29 is 4.74 Å². The number of allylic oxidation sites excluding steroid dienone is 4. The summed E-state index contributed by atoms with van der Waals surface area (Å²) in [5.74, 6) is 1.24. The molecule has 102 valence electrons. The number of hydrogen-bond acceptors (Lipinski definition) is 2. The van der Waals surface area contributed by atoms with Gasteiger partial charge in [0.1, 0.15) is 5.75 Å². The Morgan fingerprint density at radius 1 is 1.30 bits per heavy atom. The fraction of sp³-hybridized carbons (Fsp3) is 0.235. The first-order valence-corrected chi connectivity index (χ1v) is 6.77. The van der Waals surface area contributed by atoms with Gasteiger partial charge in [0.15, 0.2) is 5.43 Å². The molecule has 1 aliphatic carbocycles. The van der Waals surface area contributed by atoms with Crippen molar-refractivity contribution in [2.45, 2.75) is 13.3 Å². The van der Waals surface area contributed by atoms with Crippen LogP contribution in [0.5, 0.6) is 5.75 Å². The smallest absolute Gasteiger partial charge is 0.190 e. The molecule has 0 bridgehead atoms. The SMILES string of the molecule is COc1ccc2c(=O)cc(C3=CC(C)CC=C3)[nH]c2c1. The minimum atomic E-state index is 0.0314. The molecule has 0 spiro atoms. The van der Waals surface area contributed by atoms with Crippen molar-refractivity contribution in [1.82, 2.24) is 4.98 Å². The molecule has 0 saturated heterocycles. The molecule has 0 radical (unpaired) electrons. The van der Waals surface area contributed by atoms with Gasteiger partial charge in [-0.3, -0.25) is 4.79 Å².